The van der Waals surface area contributed by atoms with Gasteiger partial charge in [0.05, 0.1) is 34.4 Å². The Labute approximate surface area is 542 Å². The van der Waals surface area contributed by atoms with E-state index in [1.807, 2.05) is 24.3 Å². The van der Waals surface area contributed by atoms with Gasteiger partial charge in [0.1, 0.15) is 0 Å². The molecule has 0 amide bonds. The van der Waals surface area contributed by atoms with Crippen LogP contribution in [0.1, 0.15) is 221 Å². The maximum atomic E-state index is 9.94. The standard InChI is InChI=1S/C85H101N5/c1-7-11-15-19-23-28-37-71-57-78(73(55-64(71)6)38-29-24-20-16-12-8-2)82-61-83(90-85(89-82)70-49-45-65(62-86)46-50-70)79-59-74(39-30-25-21-17-13-9-3)77(58-75(79)40-31-26-22-18-14-10-4)67-51-53-68(54-52-67)80-60-81(88-84(87-80)69-35-32-27-33-36-69)76-42-34-41-72(56-76)66-47-43-63(5)44-48-66/h27,32-36,41-61H,7-26,28-31,37-40H2,1-6H3. The van der Waals surface area contributed by atoms with E-state index in [0.717, 1.165) is 95.5 Å². The molecule has 0 unspecified atom stereocenters. The minimum absolute atomic E-state index is 0.636. The molecule has 7 aromatic carbocycles. The van der Waals surface area contributed by atoms with Crippen LogP contribution in [0.2, 0.25) is 0 Å². The molecule has 0 aliphatic heterocycles. The number of aryl methyl sites for hydroxylation is 6. The Kier molecular flexibility index (Phi) is 26.3. The first-order chi connectivity index (χ1) is 44.2. The van der Waals surface area contributed by atoms with E-state index >= 15 is 0 Å². The van der Waals surface area contributed by atoms with Crippen molar-refractivity contribution in [1.82, 2.24) is 19.9 Å². The van der Waals surface area contributed by atoms with Crippen LogP contribution in [0.25, 0.3) is 90.1 Å². The summed E-state index contributed by atoms with van der Waals surface area (Å²) in [6.45, 7) is 13.7. The number of aromatic nitrogens is 4. The molecule has 0 saturated carbocycles. The highest BCUT2D eigenvalue weighted by Gasteiger charge is 2.21. The summed E-state index contributed by atoms with van der Waals surface area (Å²) < 4.78 is 0. The van der Waals surface area contributed by atoms with Crippen LogP contribution in [0.3, 0.4) is 0 Å². The van der Waals surface area contributed by atoms with Gasteiger partial charge in [0.2, 0.25) is 0 Å². The second-order valence-electron chi connectivity index (χ2n) is 25.7. The fourth-order valence-electron chi connectivity index (χ4n) is 13.0. The second-order valence-corrected chi connectivity index (χ2v) is 25.7. The van der Waals surface area contributed by atoms with E-state index in [2.05, 4.69) is 187 Å². The summed E-state index contributed by atoms with van der Waals surface area (Å²) in [4.78, 5) is 21.8. The Morgan fingerprint density at radius 2 is 0.667 bits per heavy atom. The highest BCUT2D eigenvalue weighted by molar-refractivity contribution is 5.81. The van der Waals surface area contributed by atoms with E-state index in [0.29, 0.717) is 17.2 Å². The summed E-state index contributed by atoms with van der Waals surface area (Å²) in [6.07, 6.45) is 34.0. The fraction of sp³-hybridized carbons (Fsp3) is 0.400. The lowest BCUT2D eigenvalue weighted by Crippen LogP contribution is -2.03. The Hall–Kier alpha value is -7.81. The number of nitriles is 1. The summed E-state index contributed by atoms with van der Waals surface area (Å²) in [7, 11) is 0. The molecule has 0 N–H and O–H groups in total. The van der Waals surface area contributed by atoms with Gasteiger partial charge < -0.3 is 0 Å². The molecule has 9 aromatic rings. The van der Waals surface area contributed by atoms with E-state index in [4.69, 9.17) is 19.9 Å². The van der Waals surface area contributed by atoms with E-state index in [1.165, 1.54) is 196 Å². The lowest BCUT2D eigenvalue weighted by molar-refractivity contribution is 0.605. The Morgan fingerprint density at radius 1 is 0.289 bits per heavy atom. The predicted molar refractivity (Wildman–Crippen MR) is 384 cm³/mol. The molecule has 2 aromatic heterocycles. The van der Waals surface area contributed by atoms with Crippen molar-refractivity contribution in [3.8, 4) is 96.1 Å². The molecule has 90 heavy (non-hydrogen) atoms. The van der Waals surface area contributed by atoms with Gasteiger partial charge in [0.25, 0.3) is 0 Å². The van der Waals surface area contributed by atoms with Crippen LogP contribution < -0.4 is 0 Å². The molecular weight excluding hydrogens is 1090 g/mol. The second kappa shape index (κ2) is 35.5. The smallest absolute Gasteiger partial charge is 0.160 e. The first kappa shape index (κ1) is 66.6. The number of hydrogen-bond donors (Lipinski definition) is 0. The minimum Gasteiger partial charge on any atom is -0.228 e. The summed E-state index contributed by atoms with van der Waals surface area (Å²) in [6, 6.07) is 62.0. The average molecular weight is 1190 g/mol. The first-order valence-electron chi connectivity index (χ1n) is 35.2. The molecule has 0 saturated heterocycles. The van der Waals surface area contributed by atoms with Gasteiger partial charge in [-0.25, -0.2) is 19.9 Å². The Balaban J connectivity index is 1.17. The molecule has 5 nitrogen and oxygen atoms in total. The van der Waals surface area contributed by atoms with Gasteiger partial charge in [0.15, 0.2) is 11.6 Å². The van der Waals surface area contributed by atoms with Gasteiger partial charge in [0, 0.05) is 33.4 Å². The van der Waals surface area contributed by atoms with Crippen LogP contribution in [-0.4, -0.2) is 19.9 Å². The largest absolute Gasteiger partial charge is 0.228 e. The molecular formula is C85H101N5. The maximum Gasteiger partial charge on any atom is 0.160 e. The first-order valence-corrected chi connectivity index (χ1v) is 35.2. The normalized spacial score (nSPS) is 11.3. The Morgan fingerprint density at radius 3 is 1.20 bits per heavy atom. The van der Waals surface area contributed by atoms with Gasteiger partial charge >= 0.3 is 0 Å². The molecule has 0 atom stereocenters. The summed E-state index contributed by atoms with van der Waals surface area (Å²) in [5, 5.41) is 9.94. The van der Waals surface area contributed by atoms with Crippen LogP contribution in [0, 0.1) is 25.2 Å². The molecule has 466 valence electrons. The van der Waals surface area contributed by atoms with E-state index in [1.54, 1.807) is 0 Å². The topological polar surface area (TPSA) is 75.3 Å². The molecule has 5 heteroatoms. The van der Waals surface area contributed by atoms with Crippen LogP contribution in [0.15, 0.2) is 164 Å². The van der Waals surface area contributed by atoms with Crippen LogP contribution >= 0.6 is 0 Å². The van der Waals surface area contributed by atoms with Crippen LogP contribution in [0.5, 0.6) is 0 Å². The van der Waals surface area contributed by atoms with Gasteiger partial charge in [-0.05, 0) is 170 Å². The lowest BCUT2D eigenvalue weighted by Gasteiger charge is -2.20. The third kappa shape index (κ3) is 19.1. The summed E-state index contributed by atoms with van der Waals surface area (Å²) in [5.74, 6) is 1.42. The van der Waals surface area contributed by atoms with Crippen LogP contribution in [0.4, 0.5) is 0 Å². The highest BCUT2D eigenvalue weighted by Crippen LogP contribution is 2.39. The highest BCUT2D eigenvalue weighted by atomic mass is 14.9. The van der Waals surface area contributed by atoms with Crippen molar-refractivity contribution in [2.24, 2.45) is 0 Å². The van der Waals surface area contributed by atoms with Gasteiger partial charge in [-0.3, -0.25) is 0 Å². The SMILES string of the molecule is CCCCCCCCc1cc(-c2cc(-c3cc(CCCCCCCC)c(-c4ccc(-c5cc(-c6cccc(-c7ccc(C)cc7)c6)nc(-c6ccccc6)n5)cc4)cc3CCCCCCCC)nc(-c3ccc(C#N)cc3)n2)c(CCCCCCCC)cc1C. The zero-order valence-electron chi connectivity index (χ0n) is 55.6. The molecule has 0 radical (unpaired) electrons. The zero-order chi connectivity index (χ0) is 62.7. The monoisotopic (exact) mass is 1190 g/mol. The third-order valence-electron chi connectivity index (χ3n) is 18.4. The molecule has 0 fully saturated rings. The van der Waals surface area contributed by atoms with E-state index in [9.17, 15) is 5.26 Å². The molecule has 2 heterocycles. The van der Waals surface area contributed by atoms with Crippen LogP contribution in [-0.2, 0) is 25.7 Å². The number of benzene rings is 7. The molecule has 0 aliphatic rings. The predicted octanol–water partition coefficient (Wildman–Crippen LogP) is 24.7. The number of nitrogens with zero attached hydrogens (tertiary/aromatic N) is 5. The zero-order valence-corrected chi connectivity index (χ0v) is 55.6. The minimum atomic E-state index is 0.636. The number of hydrogen-bond acceptors (Lipinski definition) is 5. The van der Waals surface area contributed by atoms with Crippen molar-refractivity contribution in [1.29, 1.82) is 5.26 Å². The van der Waals surface area contributed by atoms with Crippen molar-refractivity contribution < 1.29 is 0 Å². The maximum absolute atomic E-state index is 9.94. The molecule has 0 aliphatic carbocycles. The van der Waals surface area contributed by atoms with Crippen molar-refractivity contribution in [2.75, 3.05) is 0 Å². The quantitative estimate of drug-likeness (QED) is 0.0366. The third-order valence-corrected chi connectivity index (χ3v) is 18.4. The van der Waals surface area contributed by atoms with E-state index in [-0.39, 0.29) is 0 Å². The van der Waals surface area contributed by atoms with Crippen molar-refractivity contribution >= 4 is 0 Å². The molecule has 0 spiro atoms. The summed E-state index contributed by atoms with van der Waals surface area (Å²) >= 11 is 0. The van der Waals surface area contributed by atoms with Crippen molar-refractivity contribution in [3.63, 3.8) is 0 Å². The molecule has 0 bridgehead atoms. The van der Waals surface area contributed by atoms with E-state index < -0.39 is 0 Å². The molecule has 9 rings (SSSR count). The lowest BCUT2D eigenvalue weighted by atomic mass is 9.87. The van der Waals surface area contributed by atoms with Gasteiger partial charge in [-0.15, -0.1) is 0 Å². The summed E-state index contributed by atoms with van der Waals surface area (Å²) in [5.41, 5.74) is 24.0. The number of rotatable bonds is 36. The number of unbranched alkanes of at least 4 members (excludes halogenated alkanes) is 20. The fourth-order valence-corrected chi connectivity index (χ4v) is 13.0. The van der Waals surface area contributed by atoms with Crippen molar-refractivity contribution in [3.05, 3.63) is 203 Å². The van der Waals surface area contributed by atoms with Crippen molar-refractivity contribution in [2.45, 2.75) is 221 Å². The Bertz CT molecular complexity index is 3680. The average Bonchev–Trinajstić information content (AvgIpc) is 1.000. The van der Waals surface area contributed by atoms with Gasteiger partial charge in [-0.1, -0.05) is 271 Å². The van der Waals surface area contributed by atoms with Gasteiger partial charge in [-0.2, -0.15) is 5.26 Å².